The molecule has 0 unspecified atom stereocenters. The molecule has 1 aromatic heterocycles. The van der Waals surface area contributed by atoms with E-state index in [-0.39, 0.29) is 5.91 Å². The Kier molecular flexibility index (Phi) is 5.17. The summed E-state index contributed by atoms with van der Waals surface area (Å²) in [4.78, 5) is 16.8. The molecule has 0 bridgehead atoms. The number of amides is 1. The van der Waals surface area contributed by atoms with Gasteiger partial charge in [-0.15, -0.1) is 6.58 Å². The van der Waals surface area contributed by atoms with Gasteiger partial charge in [-0.3, -0.25) is 14.8 Å². The van der Waals surface area contributed by atoms with E-state index in [1.165, 1.54) is 0 Å². The van der Waals surface area contributed by atoms with Gasteiger partial charge in [0.2, 0.25) is 0 Å². The van der Waals surface area contributed by atoms with Crippen molar-refractivity contribution >= 4 is 28.9 Å². The number of hydrogen-bond acceptors (Lipinski definition) is 4. The van der Waals surface area contributed by atoms with E-state index in [9.17, 15) is 4.79 Å². The first kappa shape index (κ1) is 16.5. The van der Waals surface area contributed by atoms with E-state index in [1.54, 1.807) is 12.3 Å². The van der Waals surface area contributed by atoms with Gasteiger partial charge in [-0.1, -0.05) is 23.7 Å². The van der Waals surface area contributed by atoms with Crippen molar-refractivity contribution in [2.45, 2.75) is 0 Å². The van der Waals surface area contributed by atoms with Crippen LogP contribution in [-0.4, -0.2) is 53.7 Å². The van der Waals surface area contributed by atoms with E-state index >= 15 is 0 Å². The Hall–Kier alpha value is -2.31. The van der Waals surface area contributed by atoms with Gasteiger partial charge in [-0.05, 0) is 18.2 Å². The van der Waals surface area contributed by atoms with Gasteiger partial charge in [0.25, 0.3) is 5.91 Å². The summed E-state index contributed by atoms with van der Waals surface area (Å²) in [5, 5.41) is 10.0. The molecular weight excluding hydrogens is 326 g/mol. The van der Waals surface area contributed by atoms with Gasteiger partial charge in [0, 0.05) is 38.9 Å². The summed E-state index contributed by atoms with van der Waals surface area (Å²) in [5.41, 5.74) is 1.99. The third-order valence-corrected chi connectivity index (χ3v) is 4.36. The number of halogens is 1. The number of hydrogen-bond donors (Lipinski definition) is 2. The quantitative estimate of drug-likeness (QED) is 0.818. The molecule has 1 amide bonds. The normalized spacial score (nSPS) is 15.3. The number of aromatic nitrogens is 2. The zero-order valence-electron chi connectivity index (χ0n) is 13.3. The highest BCUT2D eigenvalue weighted by Gasteiger charge is 2.22. The van der Waals surface area contributed by atoms with Crippen LogP contribution in [-0.2, 0) is 0 Å². The van der Waals surface area contributed by atoms with Crippen LogP contribution in [0.4, 0.5) is 11.4 Å². The van der Waals surface area contributed by atoms with Crippen LogP contribution in [0.3, 0.4) is 0 Å². The maximum Gasteiger partial charge on any atom is 0.273 e. The van der Waals surface area contributed by atoms with Gasteiger partial charge in [-0.2, -0.15) is 5.10 Å². The fourth-order valence-corrected chi connectivity index (χ4v) is 3.14. The number of nitrogens with zero attached hydrogens (tertiary/aromatic N) is 3. The molecule has 0 spiro atoms. The number of carbonyl (C=O) groups is 1. The molecule has 6 nitrogen and oxygen atoms in total. The third-order valence-electron chi connectivity index (χ3n) is 4.06. The summed E-state index contributed by atoms with van der Waals surface area (Å²) in [6.07, 6.45) is 3.47. The summed E-state index contributed by atoms with van der Waals surface area (Å²) < 4.78 is 0. The Bertz CT molecular complexity index is 708. The Morgan fingerprint density at radius 1 is 1.33 bits per heavy atom. The minimum absolute atomic E-state index is 0.235. The van der Waals surface area contributed by atoms with E-state index in [0.29, 0.717) is 16.4 Å². The van der Waals surface area contributed by atoms with Crippen LogP contribution in [0, 0.1) is 0 Å². The van der Waals surface area contributed by atoms with Crippen molar-refractivity contribution in [1.29, 1.82) is 0 Å². The predicted molar refractivity (Wildman–Crippen MR) is 96.8 cm³/mol. The van der Waals surface area contributed by atoms with Crippen LogP contribution in [0.2, 0.25) is 5.02 Å². The van der Waals surface area contributed by atoms with Crippen LogP contribution in [0.15, 0.2) is 43.1 Å². The Morgan fingerprint density at radius 3 is 2.79 bits per heavy atom. The van der Waals surface area contributed by atoms with Crippen molar-refractivity contribution in [3.63, 3.8) is 0 Å². The molecule has 3 rings (SSSR count). The molecule has 24 heavy (non-hydrogen) atoms. The van der Waals surface area contributed by atoms with Crippen molar-refractivity contribution in [2.24, 2.45) is 0 Å². The number of rotatable bonds is 5. The predicted octanol–water partition coefficient (Wildman–Crippen LogP) is 2.62. The van der Waals surface area contributed by atoms with Crippen molar-refractivity contribution in [2.75, 3.05) is 42.9 Å². The SMILES string of the molecule is C=CCN1CCN(c2c(Cl)cccc2NC(=O)c2ccn[nH]2)CC1. The number of para-hydroxylation sites is 1. The first-order chi connectivity index (χ1) is 11.7. The molecule has 0 saturated carbocycles. The first-order valence-corrected chi connectivity index (χ1v) is 8.24. The Balaban J connectivity index is 1.78. The van der Waals surface area contributed by atoms with Crippen LogP contribution < -0.4 is 10.2 Å². The number of aromatic amines is 1. The van der Waals surface area contributed by atoms with Crippen molar-refractivity contribution in [3.05, 3.63) is 53.8 Å². The maximum atomic E-state index is 12.3. The van der Waals surface area contributed by atoms with Crippen molar-refractivity contribution < 1.29 is 4.79 Å². The molecule has 1 saturated heterocycles. The minimum atomic E-state index is -0.235. The molecule has 0 atom stereocenters. The van der Waals surface area contributed by atoms with Crippen molar-refractivity contribution in [3.8, 4) is 0 Å². The highest BCUT2D eigenvalue weighted by atomic mass is 35.5. The standard InChI is InChI=1S/C17H20ClN5O/c1-2-8-22-9-11-23(12-10-22)16-13(18)4-3-5-14(16)20-17(24)15-6-7-19-21-15/h2-7H,1,8-12H2,(H,19,21)(H,20,24). The third kappa shape index (κ3) is 3.60. The van der Waals surface area contributed by atoms with Crippen LogP contribution >= 0.6 is 11.6 Å². The van der Waals surface area contributed by atoms with Gasteiger partial charge >= 0.3 is 0 Å². The molecule has 2 N–H and O–H groups in total. The smallest absolute Gasteiger partial charge is 0.273 e. The topological polar surface area (TPSA) is 64.3 Å². The molecule has 0 radical (unpaired) electrons. The number of piperazine rings is 1. The summed E-state index contributed by atoms with van der Waals surface area (Å²) in [7, 11) is 0. The molecule has 1 aliphatic heterocycles. The average Bonchev–Trinajstić information content (AvgIpc) is 3.11. The van der Waals surface area contributed by atoms with Gasteiger partial charge in [0.05, 0.1) is 16.4 Å². The summed E-state index contributed by atoms with van der Waals surface area (Å²) in [6.45, 7) is 8.25. The lowest BCUT2D eigenvalue weighted by molar-refractivity contribution is 0.102. The fourth-order valence-electron chi connectivity index (χ4n) is 2.85. The lowest BCUT2D eigenvalue weighted by atomic mass is 10.2. The largest absolute Gasteiger partial charge is 0.366 e. The lowest BCUT2D eigenvalue weighted by Crippen LogP contribution is -2.46. The Morgan fingerprint density at radius 2 is 2.12 bits per heavy atom. The molecule has 1 aliphatic rings. The molecule has 2 aromatic rings. The van der Waals surface area contributed by atoms with Gasteiger partial charge < -0.3 is 10.2 Å². The summed E-state index contributed by atoms with van der Waals surface area (Å²) in [6, 6.07) is 7.18. The van der Waals surface area contributed by atoms with Crippen LogP contribution in [0.1, 0.15) is 10.5 Å². The first-order valence-electron chi connectivity index (χ1n) is 7.86. The van der Waals surface area contributed by atoms with E-state index in [4.69, 9.17) is 11.6 Å². The van der Waals surface area contributed by atoms with E-state index in [0.717, 1.165) is 38.4 Å². The van der Waals surface area contributed by atoms with Crippen LogP contribution in [0.25, 0.3) is 0 Å². The molecule has 126 valence electrons. The second kappa shape index (κ2) is 7.51. The number of carbonyl (C=O) groups excluding carboxylic acids is 1. The number of nitrogens with one attached hydrogen (secondary N) is 2. The molecule has 0 aliphatic carbocycles. The summed E-state index contributed by atoms with van der Waals surface area (Å²) >= 11 is 6.43. The Labute approximate surface area is 146 Å². The molecule has 1 fully saturated rings. The van der Waals surface area contributed by atoms with E-state index < -0.39 is 0 Å². The van der Waals surface area contributed by atoms with Crippen LogP contribution in [0.5, 0.6) is 0 Å². The molecule has 2 heterocycles. The van der Waals surface area contributed by atoms with E-state index in [1.807, 2.05) is 24.3 Å². The number of benzene rings is 1. The molecule has 1 aromatic carbocycles. The highest BCUT2D eigenvalue weighted by molar-refractivity contribution is 6.34. The summed E-state index contributed by atoms with van der Waals surface area (Å²) in [5.74, 6) is -0.235. The van der Waals surface area contributed by atoms with Gasteiger partial charge in [0.1, 0.15) is 5.69 Å². The minimum Gasteiger partial charge on any atom is -0.366 e. The maximum absolute atomic E-state index is 12.3. The monoisotopic (exact) mass is 345 g/mol. The average molecular weight is 346 g/mol. The van der Waals surface area contributed by atoms with Gasteiger partial charge in [-0.25, -0.2) is 0 Å². The fraction of sp³-hybridized carbons (Fsp3) is 0.294. The van der Waals surface area contributed by atoms with Gasteiger partial charge in [0.15, 0.2) is 0 Å². The number of anilines is 2. The molecule has 7 heteroatoms. The zero-order chi connectivity index (χ0) is 16.9. The van der Waals surface area contributed by atoms with Crippen molar-refractivity contribution in [1.82, 2.24) is 15.1 Å². The molecular formula is C17H20ClN5O. The second-order valence-corrected chi connectivity index (χ2v) is 6.04. The highest BCUT2D eigenvalue weighted by Crippen LogP contribution is 2.34. The second-order valence-electron chi connectivity index (χ2n) is 5.64. The number of H-pyrrole nitrogens is 1. The van der Waals surface area contributed by atoms with E-state index in [2.05, 4.69) is 31.9 Å². The zero-order valence-corrected chi connectivity index (χ0v) is 14.1. The lowest BCUT2D eigenvalue weighted by Gasteiger charge is -2.36.